The summed E-state index contributed by atoms with van der Waals surface area (Å²) in [5.41, 5.74) is 1.66. The van der Waals surface area contributed by atoms with Gasteiger partial charge >= 0.3 is 5.97 Å². The molecule has 1 N–H and O–H groups in total. The second kappa shape index (κ2) is 13.3. The maximum Gasteiger partial charge on any atom is 0.339 e. The van der Waals surface area contributed by atoms with Crippen LogP contribution in [0, 0.1) is 5.82 Å². The molecule has 4 rings (SSSR count). The first-order valence-corrected chi connectivity index (χ1v) is 13.4. The highest BCUT2D eigenvalue weighted by molar-refractivity contribution is 8.18. The number of amides is 3. The van der Waals surface area contributed by atoms with Crippen molar-refractivity contribution >= 4 is 58.1 Å². The van der Waals surface area contributed by atoms with Gasteiger partial charge in [-0.25, -0.2) is 9.18 Å². The molecule has 0 saturated carbocycles. The lowest BCUT2D eigenvalue weighted by molar-refractivity contribution is -0.127. The molecule has 0 atom stereocenters. The van der Waals surface area contributed by atoms with Crippen LogP contribution in [0.4, 0.5) is 14.9 Å². The minimum Gasteiger partial charge on any atom is -0.493 e. The third-order valence-corrected chi connectivity index (χ3v) is 6.95. The molecule has 1 fully saturated rings. The maximum atomic E-state index is 13.1. The summed E-state index contributed by atoms with van der Waals surface area (Å²) >= 11 is 6.75. The van der Waals surface area contributed by atoms with Gasteiger partial charge in [-0.15, -0.1) is 0 Å². The molecule has 9 nitrogen and oxygen atoms in total. The monoisotopic (exact) mass is 598 g/mol. The smallest absolute Gasteiger partial charge is 0.339 e. The van der Waals surface area contributed by atoms with Crippen molar-refractivity contribution in [1.82, 2.24) is 4.90 Å². The number of hydrogen-bond acceptors (Lipinski definition) is 8. The zero-order valence-electron chi connectivity index (χ0n) is 21.9. The first kappa shape index (κ1) is 29.6. The summed E-state index contributed by atoms with van der Waals surface area (Å²) < 4.78 is 29.3. The van der Waals surface area contributed by atoms with Gasteiger partial charge in [-0.3, -0.25) is 19.3 Å². The molecule has 1 aliphatic rings. The standard InChI is InChI=1S/C29H24ClFN2O7S/c1-3-39-28(36)21-14-20(9-10-22(21)30)32-26(34)15-33-27(35)25(41-29(33)37)13-18-6-11-23(24(12-18)38-2)40-16-17-4-7-19(31)8-5-17/h4-14H,3,15-16H2,1-2H3,(H,32,34)/b25-13-. The molecule has 0 unspecified atom stereocenters. The molecule has 3 aromatic carbocycles. The number of carbonyl (C=O) groups is 4. The van der Waals surface area contributed by atoms with Gasteiger partial charge in [0.1, 0.15) is 19.0 Å². The van der Waals surface area contributed by atoms with Gasteiger partial charge in [-0.1, -0.05) is 29.8 Å². The molecule has 0 bridgehead atoms. The molecule has 0 aliphatic carbocycles. The number of imide groups is 1. The average Bonchev–Trinajstić information content (AvgIpc) is 3.21. The Kier molecular flexibility index (Phi) is 9.64. The number of nitrogens with one attached hydrogen (secondary N) is 1. The number of benzene rings is 3. The second-order valence-electron chi connectivity index (χ2n) is 8.56. The second-order valence-corrected chi connectivity index (χ2v) is 9.96. The van der Waals surface area contributed by atoms with Gasteiger partial charge in [-0.05, 0) is 78.4 Å². The molecule has 0 aromatic heterocycles. The van der Waals surface area contributed by atoms with E-state index in [0.717, 1.165) is 10.5 Å². The molecule has 212 valence electrons. The van der Waals surface area contributed by atoms with Crippen molar-refractivity contribution in [2.45, 2.75) is 13.5 Å². The summed E-state index contributed by atoms with van der Waals surface area (Å²) in [6, 6.07) is 15.2. The number of anilines is 1. The van der Waals surface area contributed by atoms with Crippen molar-refractivity contribution < 1.29 is 37.8 Å². The Balaban J connectivity index is 1.41. The number of rotatable bonds is 10. The van der Waals surface area contributed by atoms with Gasteiger partial charge in [-0.2, -0.15) is 0 Å². The molecule has 1 saturated heterocycles. The van der Waals surface area contributed by atoms with E-state index in [1.807, 2.05) is 0 Å². The highest BCUT2D eigenvalue weighted by Crippen LogP contribution is 2.35. The molecule has 3 aromatic rings. The first-order valence-electron chi connectivity index (χ1n) is 12.3. The van der Waals surface area contributed by atoms with Gasteiger partial charge < -0.3 is 19.5 Å². The number of thioether (sulfide) groups is 1. The van der Waals surface area contributed by atoms with Crippen LogP contribution in [-0.2, 0) is 20.9 Å². The number of ether oxygens (including phenoxy) is 3. The average molecular weight is 599 g/mol. The van der Waals surface area contributed by atoms with Crippen molar-refractivity contribution in [1.29, 1.82) is 0 Å². The molecular formula is C29H24ClFN2O7S. The third kappa shape index (κ3) is 7.44. The van der Waals surface area contributed by atoms with Crippen LogP contribution in [-0.4, -0.2) is 48.2 Å². The van der Waals surface area contributed by atoms with E-state index in [1.54, 1.807) is 37.3 Å². The Morgan fingerprint density at radius 2 is 1.80 bits per heavy atom. The van der Waals surface area contributed by atoms with Crippen molar-refractivity contribution in [3.63, 3.8) is 0 Å². The zero-order valence-corrected chi connectivity index (χ0v) is 23.5. The molecule has 1 aliphatic heterocycles. The summed E-state index contributed by atoms with van der Waals surface area (Å²) in [4.78, 5) is 51.1. The lowest BCUT2D eigenvalue weighted by atomic mass is 10.1. The van der Waals surface area contributed by atoms with E-state index in [1.165, 1.54) is 43.5 Å². The number of nitrogens with zero attached hydrogens (tertiary/aromatic N) is 1. The van der Waals surface area contributed by atoms with E-state index in [0.29, 0.717) is 28.8 Å². The van der Waals surface area contributed by atoms with Crippen molar-refractivity contribution in [2.75, 3.05) is 25.6 Å². The lowest BCUT2D eigenvalue weighted by Crippen LogP contribution is -2.36. The Labute approximate surface area is 244 Å². The fourth-order valence-electron chi connectivity index (χ4n) is 3.74. The van der Waals surface area contributed by atoms with Crippen LogP contribution in [0.5, 0.6) is 11.5 Å². The normalized spacial score (nSPS) is 13.9. The number of methoxy groups -OCH3 is 1. The highest BCUT2D eigenvalue weighted by atomic mass is 35.5. The fourth-order valence-corrected chi connectivity index (χ4v) is 4.77. The quantitative estimate of drug-likeness (QED) is 0.226. The predicted molar refractivity (Wildman–Crippen MR) is 152 cm³/mol. The lowest BCUT2D eigenvalue weighted by Gasteiger charge is -2.13. The van der Waals surface area contributed by atoms with Crippen LogP contribution >= 0.6 is 23.4 Å². The minimum atomic E-state index is -0.645. The van der Waals surface area contributed by atoms with E-state index in [9.17, 15) is 23.6 Å². The molecule has 1 heterocycles. The summed E-state index contributed by atoms with van der Waals surface area (Å²) in [5.74, 6) is -1.43. The van der Waals surface area contributed by atoms with Gasteiger partial charge in [0, 0.05) is 5.69 Å². The van der Waals surface area contributed by atoms with Crippen molar-refractivity contribution in [3.8, 4) is 11.5 Å². The Hall–Kier alpha value is -4.35. The van der Waals surface area contributed by atoms with Gasteiger partial charge in [0.05, 0.1) is 29.2 Å². The van der Waals surface area contributed by atoms with Crippen LogP contribution < -0.4 is 14.8 Å². The van der Waals surface area contributed by atoms with Crippen LogP contribution in [0.3, 0.4) is 0 Å². The van der Waals surface area contributed by atoms with Crippen molar-refractivity contribution in [3.05, 3.63) is 93.1 Å². The molecule has 12 heteroatoms. The van der Waals surface area contributed by atoms with Crippen molar-refractivity contribution in [2.24, 2.45) is 0 Å². The topological polar surface area (TPSA) is 111 Å². The molecule has 3 amide bonds. The SMILES string of the molecule is CCOC(=O)c1cc(NC(=O)CN2C(=O)S/C(=C\c3ccc(OCc4ccc(F)cc4)c(OC)c3)C2=O)ccc1Cl. The Bertz CT molecular complexity index is 1530. The first-order chi connectivity index (χ1) is 19.7. The van der Waals surface area contributed by atoms with Gasteiger partial charge in [0.2, 0.25) is 5.91 Å². The molecule has 41 heavy (non-hydrogen) atoms. The Morgan fingerprint density at radius 1 is 1.05 bits per heavy atom. The third-order valence-electron chi connectivity index (χ3n) is 5.71. The minimum absolute atomic E-state index is 0.0720. The fraction of sp³-hybridized carbons (Fsp3) is 0.172. The summed E-state index contributed by atoms with van der Waals surface area (Å²) in [6.45, 7) is 1.47. The number of carbonyl (C=O) groups excluding carboxylic acids is 4. The number of esters is 1. The maximum absolute atomic E-state index is 13.1. The van der Waals surface area contributed by atoms with E-state index in [4.69, 9.17) is 25.8 Å². The summed E-state index contributed by atoms with van der Waals surface area (Å²) in [7, 11) is 1.47. The summed E-state index contributed by atoms with van der Waals surface area (Å²) in [5, 5.41) is 2.11. The number of hydrogen-bond donors (Lipinski definition) is 1. The Morgan fingerprint density at radius 3 is 2.51 bits per heavy atom. The van der Waals surface area contributed by atoms with Crippen LogP contribution in [0.15, 0.2) is 65.6 Å². The van der Waals surface area contributed by atoms with E-state index in [-0.39, 0.29) is 40.2 Å². The van der Waals surface area contributed by atoms with Crippen LogP contribution in [0.2, 0.25) is 5.02 Å². The van der Waals surface area contributed by atoms with Crippen LogP contribution in [0.1, 0.15) is 28.4 Å². The van der Waals surface area contributed by atoms with Gasteiger partial charge in [0.15, 0.2) is 11.5 Å². The molecule has 0 spiro atoms. The van der Waals surface area contributed by atoms with E-state index < -0.39 is 29.6 Å². The molecule has 0 radical (unpaired) electrons. The largest absolute Gasteiger partial charge is 0.493 e. The summed E-state index contributed by atoms with van der Waals surface area (Å²) in [6.07, 6.45) is 1.51. The zero-order chi connectivity index (χ0) is 29.5. The predicted octanol–water partition coefficient (Wildman–Crippen LogP) is 5.92. The van der Waals surface area contributed by atoms with E-state index in [2.05, 4.69) is 5.32 Å². The van der Waals surface area contributed by atoms with Crippen LogP contribution in [0.25, 0.3) is 6.08 Å². The van der Waals surface area contributed by atoms with Gasteiger partial charge in [0.25, 0.3) is 11.1 Å². The molecular weight excluding hydrogens is 575 g/mol. The number of halogens is 2. The highest BCUT2D eigenvalue weighted by Gasteiger charge is 2.36. The van der Waals surface area contributed by atoms with E-state index >= 15 is 0 Å².